The van der Waals surface area contributed by atoms with Crippen molar-refractivity contribution in [2.45, 2.75) is 26.4 Å². The summed E-state index contributed by atoms with van der Waals surface area (Å²) in [5.74, 6) is 0.604. The second-order valence-electron chi connectivity index (χ2n) is 7.55. The lowest BCUT2D eigenvalue weighted by atomic mass is 10.1. The Morgan fingerprint density at radius 2 is 1.97 bits per heavy atom. The van der Waals surface area contributed by atoms with Gasteiger partial charge in [-0.05, 0) is 42.8 Å². The number of methoxy groups -OCH3 is 2. The molecule has 0 aliphatic heterocycles. The lowest BCUT2D eigenvalue weighted by Crippen LogP contribution is -2.35. The monoisotopic (exact) mass is 624 g/mol. The largest absolute Gasteiger partial charge is 0.493 e. The molecule has 1 aromatic heterocycles. The van der Waals surface area contributed by atoms with Gasteiger partial charge in [0.1, 0.15) is 22.8 Å². The van der Waals surface area contributed by atoms with E-state index in [1.54, 1.807) is 6.07 Å². The number of rotatable bonds is 6. The number of nitrogens with zero attached hydrogens (tertiary/aromatic N) is 4. The Hall–Kier alpha value is -1.71. The van der Waals surface area contributed by atoms with Gasteiger partial charge in [-0.15, -0.1) is 0 Å². The van der Waals surface area contributed by atoms with Crippen molar-refractivity contribution >= 4 is 73.1 Å². The maximum atomic E-state index is 12.3. The fourth-order valence-corrected chi connectivity index (χ4v) is 3.83. The Balaban J connectivity index is 2.51. The van der Waals surface area contributed by atoms with Crippen LogP contribution in [0.15, 0.2) is 10.5 Å². The van der Waals surface area contributed by atoms with Crippen molar-refractivity contribution in [1.29, 1.82) is 5.26 Å². The van der Waals surface area contributed by atoms with Crippen LogP contribution in [-0.2, 0) is 4.74 Å². The molecule has 168 valence electrons. The molecule has 0 radical (unpaired) electrons. The minimum atomic E-state index is -0.588. The fourth-order valence-electron chi connectivity index (χ4n) is 2.86. The van der Waals surface area contributed by atoms with Gasteiger partial charge in [0.05, 0.1) is 58.8 Å². The minimum Gasteiger partial charge on any atom is -0.493 e. The molecule has 2 rings (SSSR count). The highest BCUT2D eigenvalue weighted by molar-refractivity contribution is 14.1. The van der Waals surface area contributed by atoms with E-state index in [0.717, 1.165) is 0 Å². The summed E-state index contributed by atoms with van der Waals surface area (Å²) in [6.45, 7) is 6.20. The molecule has 31 heavy (non-hydrogen) atoms. The summed E-state index contributed by atoms with van der Waals surface area (Å²) in [6, 6.07) is 3.89. The third kappa shape index (κ3) is 5.75. The summed E-state index contributed by atoms with van der Waals surface area (Å²) in [4.78, 5) is 18.6. The van der Waals surface area contributed by atoms with E-state index in [1.165, 1.54) is 17.3 Å². The number of pyridine rings is 1. The third-order valence-corrected chi connectivity index (χ3v) is 6.37. The molecule has 0 atom stereocenters. The molecular formula is C20H23BrClIN4O4. The van der Waals surface area contributed by atoms with Gasteiger partial charge in [0.15, 0.2) is 5.75 Å². The van der Waals surface area contributed by atoms with Gasteiger partial charge in [-0.25, -0.2) is 12.9 Å². The predicted octanol–water partition coefficient (Wildman–Crippen LogP) is 5.56. The van der Waals surface area contributed by atoms with Gasteiger partial charge >= 0.3 is 6.09 Å². The minimum absolute atomic E-state index is 0.169. The number of ether oxygens (including phenoxy) is 3. The second kappa shape index (κ2) is 10.3. The Morgan fingerprint density at radius 3 is 2.48 bits per heavy atom. The van der Waals surface area contributed by atoms with Gasteiger partial charge in [-0.3, -0.25) is 0 Å². The van der Waals surface area contributed by atoms with Crippen molar-refractivity contribution in [3.8, 4) is 17.7 Å². The highest BCUT2D eigenvalue weighted by Gasteiger charge is 2.25. The van der Waals surface area contributed by atoms with E-state index in [9.17, 15) is 10.1 Å². The molecule has 1 aromatic carbocycles. The standard InChI is InChI=1S/C20H23BrClIN4O4/c1-20(2,3)31-19(28)27(23)8-7-26(4)16-11-9-13(22)14(21)17(29-5)15(11)25-18(30-6)12(16)10-24/h9H,7-8H2,1-6H3. The number of carbonyl (C=O) groups is 1. The molecule has 0 bridgehead atoms. The summed E-state index contributed by atoms with van der Waals surface area (Å²) < 4.78 is 18.3. The normalized spacial score (nSPS) is 11.1. The first-order valence-electron chi connectivity index (χ1n) is 9.16. The van der Waals surface area contributed by atoms with E-state index in [-0.39, 0.29) is 11.4 Å². The van der Waals surface area contributed by atoms with E-state index in [4.69, 9.17) is 25.8 Å². The van der Waals surface area contributed by atoms with Crippen molar-refractivity contribution in [2.75, 3.05) is 39.3 Å². The van der Waals surface area contributed by atoms with E-state index in [1.807, 2.05) is 55.6 Å². The van der Waals surface area contributed by atoms with Gasteiger partial charge in [0.2, 0.25) is 5.88 Å². The molecule has 0 saturated carbocycles. The Labute approximate surface area is 209 Å². The molecule has 0 N–H and O–H groups in total. The third-order valence-electron chi connectivity index (χ3n) is 4.18. The van der Waals surface area contributed by atoms with Gasteiger partial charge in [-0.1, -0.05) is 11.6 Å². The van der Waals surface area contributed by atoms with Crippen LogP contribution in [0.3, 0.4) is 0 Å². The molecule has 0 saturated heterocycles. The van der Waals surface area contributed by atoms with Crippen LogP contribution in [-0.4, -0.2) is 54.1 Å². The van der Waals surface area contributed by atoms with Gasteiger partial charge in [0, 0.05) is 19.0 Å². The number of hydrogen-bond donors (Lipinski definition) is 0. The van der Waals surface area contributed by atoms with Crippen molar-refractivity contribution in [3.05, 3.63) is 21.1 Å². The topological polar surface area (TPSA) is 87.9 Å². The summed E-state index contributed by atoms with van der Waals surface area (Å²) in [5, 5.41) is 10.9. The number of likely N-dealkylation sites (N-methyl/N-ethyl adjacent to an activating group) is 1. The van der Waals surface area contributed by atoms with Gasteiger partial charge in [-0.2, -0.15) is 5.26 Å². The highest BCUT2D eigenvalue weighted by Crippen LogP contribution is 2.44. The summed E-state index contributed by atoms with van der Waals surface area (Å²) in [6.07, 6.45) is -0.437. The molecule has 1 amide bonds. The number of anilines is 1. The first-order chi connectivity index (χ1) is 14.4. The molecule has 1 heterocycles. The van der Waals surface area contributed by atoms with Crippen LogP contribution in [0.5, 0.6) is 11.6 Å². The number of hydrogen-bond acceptors (Lipinski definition) is 7. The number of fused-ring (bicyclic) bond motifs is 1. The smallest absolute Gasteiger partial charge is 0.419 e. The van der Waals surface area contributed by atoms with E-state index in [0.29, 0.717) is 44.9 Å². The van der Waals surface area contributed by atoms with Crippen LogP contribution in [0.25, 0.3) is 10.9 Å². The van der Waals surface area contributed by atoms with Crippen LogP contribution in [0.1, 0.15) is 26.3 Å². The van der Waals surface area contributed by atoms with Gasteiger partial charge < -0.3 is 19.1 Å². The van der Waals surface area contributed by atoms with E-state index >= 15 is 0 Å². The highest BCUT2D eigenvalue weighted by atomic mass is 127. The average Bonchev–Trinajstić information content (AvgIpc) is 2.70. The Kier molecular flexibility index (Phi) is 8.47. The van der Waals surface area contributed by atoms with Crippen LogP contribution in [0.2, 0.25) is 5.02 Å². The second-order valence-corrected chi connectivity index (χ2v) is 9.91. The molecule has 8 nitrogen and oxygen atoms in total. The quantitative estimate of drug-likeness (QED) is 0.307. The van der Waals surface area contributed by atoms with Crippen LogP contribution >= 0.6 is 50.4 Å². The average molecular weight is 626 g/mol. The number of aromatic nitrogens is 1. The Bertz CT molecular complexity index is 1040. The molecule has 11 heteroatoms. The van der Waals surface area contributed by atoms with Crippen molar-refractivity contribution in [1.82, 2.24) is 8.10 Å². The summed E-state index contributed by atoms with van der Waals surface area (Å²) >= 11 is 11.7. The van der Waals surface area contributed by atoms with Crippen LogP contribution in [0, 0.1) is 11.3 Å². The van der Waals surface area contributed by atoms with Gasteiger partial charge in [0.25, 0.3) is 0 Å². The Morgan fingerprint density at radius 1 is 1.32 bits per heavy atom. The molecule has 0 fully saturated rings. The SMILES string of the molecule is COc1nc2c(OC)c(Br)c(Cl)cc2c(N(C)CCN(I)C(=O)OC(C)(C)C)c1C#N. The summed E-state index contributed by atoms with van der Waals surface area (Å²) in [5.41, 5.74) is 0.742. The lowest BCUT2D eigenvalue weighted by Gasteiger charge is -2.27. The number of benzene rings is 1. The molecule has 0 unspecified atom stereocenters. The zero-order valence-corrected chi connectivity index (χ0v) is 22.5. The predicted molar refractivity (Wildman–Crippen MR) is 133 cm³/mol. The molecule has 0 aliphatic carbocycles. The number of nitriles is 1. The fraction of sp³-hybridized carbons (Fsp3) is 0.450. The molecule has 0 aliphatic rings. The van der Waals surface area contributed by atoms with Crippen LogP contribution < -0.4 is 14.4 Å². The molecule has 2 aromatic rings. The summed E-state index contributed by atoms with van der Waals surface area (Å²) in [7, 11) is 4.78. The first kappa shape index (κ1) is 25.5. The van der Waals surface area contributed by atoms with E-state index in [2.05, 4.69) is 27.0 Å². The number of amides is 1. The maximum Gasteiger partial charge on any atom is 0.419 e. The number of halogens is 3. The van der Waals surface area contributed by atoms with Crippen LogP contribution in [0.4, 0.5) is 10.5 Å². The first-order valence-corrected chi connectivity index (χ1v) is 11.3. The molecule has 0 spiro atoms. The van der Waals surface area contributed by atoms with Crippen molar-refractivity contribution < 1.29 is 19.0 Å². The molecular weight excluding hydrogens is 603 g/mol. The zero-order valence-electron chi connectivity index (χ0n) is 18.0. The van der Waals surface area contributed by atoms with E-state index < -0.39 is 11.7 Å². The lowest BCUT2D eigenvalue weighted by molar-refractivity contribution is 0.0432. The maximum absolute atomic E-state index is 12.3. The van der Waals surface area contributed by atoms with Crippen molar-refractivity contribution in [3.63, 3.8) is 0 Å². The zero-order chi connectivity index (χ0) is 23.5. The number of carbonyl (C=O) groups excluding carboxylic acids is 1. The van der Waals surface area contributed by atoms with Crippen molar-refractivity contribution in [2.24, 2.45) is 0 Å².